The Morgan fingerprint density at radius 2 is 2.40 bits per heavy atom. The molecule has 0 saturated carbocycles. The molecule has 1 fully saturated rings. The molecule has 0 radical (unpaired) electrons. The second-order valence-corrected chi connectivity index (χ2v) is 4.29. The summed E-state index contributed by atoms with van der Waals surface area (Å²) in [7, 11) is 0. The summed E-state index contributed by atoms with van der Waals surface area (Å²) in [6, 6.07) is 7.02. The average molecular weight is 201 g/mol. The number of imidazole rings is 1. The van der Waals surface area contributed by atoms with Crippen LogP contribution < -0.4 is 5.32 Å². The van der Waals surface area contributed by atoms with Crippen molar-refractivity contribution in [2.45, 2.75) is 19.4 Å². The van der Waals surface area contributed by atoms with Gasteiger partial charge in [0.1, 0.15) is 0 Å². The van der Waals surface area contributed by atoms with Crippen LogP contribution in [-0.2, 0) is 0 Å². The molecular weight excluding hydrogens is 186 g/mol. The minimum atomic E-state index is 0.580. The lowest BCUT2D eigenvalue weighted by atomic mass is 10.2. The first kappa shape index (κ1) is 8.92. The Labute approximate surface area is 89.1 Å². The third-order valence-electron chi connectivity index (χ3n) is 3.16. The zero-order valence-corrected chi connectivity index (χ0v) is 8.90. The fraction of sp³-hybridized carbons (Fsp3) is 0.417. The third-order valence-corrected chi connectivity index (χ3v) is 3.16. The SMILES string of the molecule is Cc1ccc2ncn(C3CCNC3)c2c1. The standard InChI is InChI=1S/C12H15N3/c1-9-2-3-11-12(6-9)15(8-14-11)10-4-5-13-7-10/h2-3,6,8,10,13H,4-5,7H2,1H3. The average Bonchev–Trinajstić information content (AvgIpc) is 2.83. The van der Waals surface area contributed by atoms with Crippen LogP contribution in [-0.4, -0.2) is 22.6 Å². The highest BCUT2D eigenvalue weighted by Gasteiger charge is 2.17. The highest BCUT2D eigenvalue weighted by atomic mass is 15.1. The van der Waals surface area contributed by atoms with Crippen LogP contribution in [0.1, 0.15) is 18.0 Å². The van der Waals surface area contributed by atoms with Crippen molar-refractivity contribution in [2.75, 3.05) is 13.1 Å². The summed E-state index contributed by atoms with van der Waals surface area (Å²) in [5.74, 6) is 0. The number of hydrogen-bond acceptors (Lipinski definition) is 2. The molecule has 3 rings (SSSR count). The van der Waals surface area contributed by atoms with E-state index in [9.17, 15) is 0 Å². The largest absolute Gasteiger partial charge is 0.326 e. The summed E-state index contributed by atoms with van der Waals surface area (Å²) in [4.78, 5) is 4.44. The molecule has 1 aliphatic rings. The maximum Gasteiger partial charge on any atom is 0.0961 e. The molecule has 1 N–H and O–H groups in total. The van der Waals surface area contributed by atoms with Crippen molar-refractivity contribution in [2.24, 2.45) is 0 Å². The predicted octanol–water partition coefficient (Wildman–Crippen LogP) is 1.88. The topological polar surface area (TPSA) is 29.9 Å². The predicted molar refractivity (Wildman–Crippen MR) is 61.0 cm³/mol. The van der Waals surface area contributed by atoms with E-state index in [0.717, 1.165) is 18.6 Å². The quantitative estimate of drug-likeness (QED) is 0.763. The Morgan fingerprint density at radius 1 is 1.47 bits per heavy atom. The lowest BCUT2D eigenvalue weighted by Gasteiger charge is -2.11. The van der Waals surface area contributed by atoms with Gasteiger partial charge in [-0.3, -0.25) is 0 Å². The van der Waals surface area contributed by atoms with Crippen molar-refractivity contribution in [1.82, 2.24) is 14.9 Å². The summed E-state index contributed by atoms with van der Waals surface area (Å²) in [5, 5.41) is 3.39. The zero-order chi connectivity index (χ0) is 10.3. The van der Waals surface area contributed by atoms with Crippen molar-refractivity contribution in [3.63, 3.8) is 0 Å². The van der Waals surface area contributed by atoms with E-state index in [1.165, 1.54) is 17.5 Å². The van der Waals surface area contributed by atoms with Crippen LogP contribution in [0.15, 0.2) is 24.5 Å². The third kappa shape index (κ3) is 1.43. The van der Waals surface area contributed by atoms with Crippen LogP contribution in [0.25, 0.3) is 11.0 Å². The summed E-state index contributed by atoms with van der Waals surface area (Å²) in [6.07, 6.45) is 3.18. The Kier molecular flexibility index (Phi) is 1.99. The Hall–Kier alpha value is -1.35. The van der Waals surface area contributed by atoms with Gasteiger partial charge in [0.25, 0.3) is 0 Å². The Morgan fingerprint density at radius 3 is 3.20 bits per heavy atom. The number of aryl methyl sites for hydroxylation is 1. The molecule has 1 aromatic carbocycles. The Bertz CT molecular complexity index is 481. The number of benzene rings is 1. The first-order chi connectivity index (χ1) is 7.34. The molecule has 0 spiro atoms. The van der Waals surface area contributed by atoms with E-state index >= 15 is 0 Å². The molecule has 1 unspecified atom stereocenters. The molecule has 78 valence electrons. The molecule has 1 aromatic heterocycles. The number of nitrogens with one attached hydrogen (secondary N) is 1. The molecular formula is C12H15N3. The fourth-order valence-corrected chi connectivity index (χ4v) is 2.30. The first-order valence-corrected chi connectivity index (χ1v) is 5.48. The molecule has 0 bridgehead atoms. The fourth-order valence-electron chi connectivity index (χ4n) is 2.30. The van der Waals surface area contributed by atoms with Crippen LogP contribution in [0.3, 0.4) is 0 Å². The first-order valence-electron chi connectivity index (χ1n) is 5.48. The second kappa shape index (κ2) is 3.35. The smallest absolute Gasteiger partial charge is 0.0961 e. The lowest BCUT2D eigenvalue weighted by molar-refractivity contribution is 0.561. The summed E-state index contributed by atoms with van der Waals surface area (Å²) < 4.78 is 2.31. The van der Waals surface area contributed by atoms with Gasteiger partial charge in [0.05, 0.1) is 17.4 Å². The van der Waals surface area contributed by atoms with Crippen molar-refractivity contribution in [3.05, 3.63) is 30.1 Å². The second-order valence-electron chi connectivity index (χ2n) is 4.29. The molecule has 3 heteroatoms. The van der Waals surface area contributed by atoms with E-state index in [4.69, 9.17) is 0 Å². The minimum Gasteiger partial charge on any atom is -0.326 e. The summed E-state index contributed by atoms with van der Waals surface area (Å²) in [6.45, 7) is 4.32. The van der Waals surface area contributed by atoms with Gasteiger partial charge in [-0.1, -0.05) is 6.07 Å². The van der Waals surface area contributed by atoms with Crippen LogP contribution in [0, 0.1) is 6.92 Å². The number of rotatable bonds is 1. The summed E-state index contributed by atoms with van der Waals surface area (Å²) >= 11 is 0. The molecule has 0 aliphatic carbocycles. The number of hydrogen-bond donors (Lipinski definition) is 1. The lowest BCUT2D eigenvalue weighted by Crippen LogP contribution is -2.12. The van der Waals surface area contributed by atoms with Crippen molar-refractivity contribution in [1.29, 1.82) is 0 Å². The van der Waals surface area contributed by atoms with Gasteiger partial charge in [0.15, 0.2) is 0 Å². The molecule has 1 atom stereocenters. The van der Waals surface area contributed by atoms with Gasteiger partial charge in [-0.25, -0.2) is 4.98 Å². The van der Waals surface area contributed by atoms with Gasteiger partial charge in [0.2, 0.25) is 0 Å². The van der Waals surface area contributed by atoms with Crippen LogP contribution >= 0.6 is 0 Å². The maximum atomic E-state index is 4.44. The number of fused-ring (bicyclic) bond motifs is 1. The van der Waals surface area contributed by atoms with Gasteiger partial charge in [-0.2, -0.15) is 0 Å². The number of nitrogens with zero attached hydrogens (tertiary/aromatic N) is 2. The van der Waals surface area contributed by atoms with Crippen LogP contribution in [0.2, 0.25) is 0 Å². The van der Waals surface area contributed by atoms with Gasteiger partial charge >= 0.3 is 0 Å². The van der Waals surface area contributed by atoms with Crippen LogP contribution in [0.4, 0.5) is 0 Å². The molecule has 2 heterocycles. The number of aromatic nitrogens is 2. The molecule has 0 amide bonds. The van der Waals surface area contributed by atoms with E-state index in [-0.39, 0.29) is 0 Å². The molecule has 1 saturated heterocycles. The van der Waals surface area contributed by atoms with E-state index in [0.29, 0.717) is 6.04 Å². The highest BCUT2D eigenvalue weighted by molar-refractivity contribution is 5.76. The van der Waals surface area contributed by atoms with Crippen molar-refractivity contribution < 1.29 is 0 Å². The minimum absolute atomic E-state index is 0.580. The zero-order valence-electron chi connectivity index (χ0n) is 8.90. The highest BCUT2D eigenvalue weighted by Crippen LogP contribution is 2.22. The summed E-state index contributed by atoms with van der Waals surface area (Å²) in [5.41, 5.74) is 3.67. The molecule has 2 aromatic rings. The van der Waals surface area contributed by atoms with Gasteiger partial charge in [-0.15, -0.1) is 0 Å². The van der Waals surface area contributed by atoms with Crippen molar-refractivity contribution >= 4 is 11.0 Å². The maximum absolute atomic E-state index is 4.44. The van der Waals surface area contributed by atoms with Gasteiger partial charge in [-0.05, 0) is 37.6 Å². The molecule has 3 nitrogen and oxygen atoms in total. The van der Waals surface area contributed by atoms with E-state index < -0.39 is 0 Å². The normalized spacial score (nSPS) is 21.3. The van der Waals surface area contributed by atoms with E-state index in [1.54, 1.807) is 0 Å². The van der Waals surface area contributed by atoms with Crippen molar-refractivity contribution in [3.8, 4) is 0 Å². The van der Waals surface area contributed by atoms with E-state index in [1.807, 2.05) is 6.33 Å². The molecule has 1 aliphatic heterocycles. The Balaban J connectivity index is 2.13. The van der Waals surface area contributed by atoms with E-state index in [2.05, 4.69) is 40.0 Å². The van der Waals surface area contributed by atoms with Crippen LogP contribution in [0.5, 0.6) is 0 Å². The van der Waals surface area contributed by atoms with Gasteiger partial charge in [0, 0.05) is 12.6 Å². The monoisotopic (exact) mass is 201 g/mol. The molecule has 15 heavy (non-hydrogen) atoms. The van der Waals surface area contributed by atoms with Gasteiger partial charge < -0.3 is 9.88 Å².